The molecule has 10 heteroatoms. The fourth-order valence-electron chi connectivity index (χ4n) is 6.51. The average Bonchev–Trinajstić information content (AvgIpc) is 3.68. The Labute approximate surface area is 268 Å². The molecule has 0 saturated heterocycles. The van der Waals surface area contributed by atoms with Crippen LogP contribution in [0.25, 0.3) is 22.2 Å². The highest BCUT2D eigenvalue weighted by molar-refractivity contribution is 7.91. The molecule has 3 aromatic carbocycles. The number of aromatic nitrogens is 3. The summed E-state index contributed by atoms with van der Waals surface area (Å²) >= 11 is 0. The number of sulfone groups is 1. The zero-order valence-corrected chi connectivity index (χ0v) is 26.8. The number of aromatic amines is 1. The number of aryl methyl sites for hydroxylation is 2. The van der Waals surface area contributed by atoms with Crippen molar-refractivity contribution in [3.05, 3.63) is 102 Å². The number of benzene rings is 3. The number of carboxylic acid groups (broad SMARTS) is 1. The van der Waals surface area contributed by atoms with Gasteiger partial charge in [0.1, 0.15) is 5.75 Å². The van der Waals surface area contributed by atoms with Gasteiger partial charge >= 0.3 is 5.97 Å². The Morgan fingerprint density at radius 3 is 2.78 bits per heavy atom. The maximum atomic E-state index is 15.6. The highest BCUT2D eigenvalue weighted by Gasteiger charge is 2.28. The Kier molecular flexibility index (Phi) is 8.74. The third kappa shape index (κ3) is 7.17. The van der Waals surface area contributed by atoms with Crippen molar-refractivity contribution in [2.45, 2.75) is 58.4 Å². The number of hydrogen-bond acceptors (Lipinski definition) is 5. The summed E-state index contributed by atoms with van der Waals surface area (Å²) in [7, 11) is -3.50. The van der Waals surface area contributed by atoms with E-state index in [9.17, 15) is 18.3 Å². The largest absolute Gasteiger partial charge is 0.481 e. The van der Waals surface area contributed by atoms with E-state index in [1.54, 1.807) is 18.3 Å². The second-order valence-corrected chi connectivity index (χ2v) is 15.2. The van der Waals surface area contributed by atoms with E-state index in [0.717, 1.165) is 34.2 Å². The standard InChI is InChI=1S/C36H38FN3O5S/c1-36(2)16-5-10-33(26-8-3-6-24(20-26)11-12-34(41)42)40-18-14-31(39-40)25-7-4-9-27(21-25)45-35-29(15-19-46(43,44)23-36)28-13-17-38-32(28)22-30(35)37/h3-4,6-9,13-14,17-18,20-22,33,38H,5,10-12,15-16,19,23H2,1-2H3,(H,41,42). The molecule has 4 bridgehead atoms. The first-order valence-corrected chi connectivity index (χ1v) is 17.4. The highest BCUT2D eigenvalue weighted by atomic mass is 32.2. The SMILES string of the molecule is CC1(C)CCCC(c2cccc(CCC(=O)O)c2)n2ccc(n2)-c2cccc(c2)Oc2c(F)cc3[nH]ccc3c2CCS(=O)(=O)C1. The summed E-state index contributed by atoms with van der Waals surface area (Å²) in [5.74, 6) is -1.10. The molecular formula is C36H38FN3O5S. The summed E-state index contributed by atoms with van der Waals surface area (Å²) in [6, 6.07) is 20.2. The Morgan fingerprint density at radius 1 is 1.13 bits per heavy atom. The fourth-order valence-corrected chi connectivity index (χ4v) is 8.51. The second-order valence-electron chi connectivity index (χ2n) is 13.0. The van der Waals surface area contributed by atoms with Crippen LogP contribution in [-0.2, 0) is 27.5 Å². The van der Waals surface area contributed by atoms with Gasteiger partial charge in [-0.2, -0.15) is 5.10 Å². The van der Waals surface area contributed by atoms with E-state index in [1.807, 2.05) is 73.3 Å². The maximum absolute atomic E-state index is 15.6. The molecule has 0 radical (unpaired) electrons. The molecule has 0 saturated carbocycles. The lowest BCUT2D eigenvalue weighted by atomic mass is 9.87. The zero-order valence-electron chi connectivity index (χ0n) is 26.0. The fraction of sp³-hybridized carbons (Fsp3) is 0.333. The Hall–Kier alpha value is -4.44. The third-order valence-corrected chi connectivity index (χ3v) is 10.8. The highest BCUT2D eigenvalue weighted by Crippen LogP contribution is 2.37. The quantitative estimate of drug-likeness (QED) is 0.207. The van der Waals surface area contributed by atoms with E-state index in [-0.39, 0.29) is 36.1 Å². The van der Waals surface area contributed by atoms with Gasteiger partial charge in [0, 0.05) is 46.9 Å². The number of carboxylic acids is 1. The van der Waals surface area contributed by atoms with Crippen LogP contribution in [0.2, 0.25) is 0 Å². The van der Waals surface area contributed by atoms with Gasteiger partial charge in [0.15, 0.2) is 21.4 Å². The van der Waals surface area contributed by atoms with Crippen LogP contribution in [0.4, 0.5) is 4.39 Å². The lowest BCUT2D eigenvalue weighted by Gasteiger charge is -2.26. The summed E-state index contributed by atoms with van der Waals surface area (Å²) in [5.41, 5.74) is 4.08. The van der Waals surface area contributed by atoms with E-state index < -0.39 is 27.0 Å². The van der Waals surface area contributed by atoms with E-state index in [4.69, 9.17) is 9.84 Å². The van der Waals surface area contributed by atoms with Crippen molar-refractivity contribution in [1.29, 1.82) is 0 Å². The summed E-state index contributed by atoms with van der Waals surface area (Å²) in [6.45, 7) is 3.95. The summed E-state index contributed by atoms with van der Waals surface area (Å²) in [6.07, 6.45) is 6.38. The Balaban J connectivity index is 1.42. The molecule has 0 fully saturated rings. The number of rotatable bonds is 4. The third-order valence-electron chi connectivity index (χ3n) is 8.71. The Morgan fingerprint density at radius 2 is 1.96 bits per heavy atom. The molecule has 3 heterocycles. The van der Waals surface area contributed by atoms with E-state index in [2.05, 4.69) is 4.98 Å². The predicted octanol–water partition coefficient (Wildman–Crippen LogP) is 7.74. The molecule has 6 rings (SSSR count). The van der Waals surface area contributed by atoms with Crippen molar-refractivity contribution in [1.82, 2.24) is 14.8 Å². The van der Waals surface area contributed by atoms with Crippen LogP contribution in [0.15, 0.2) is 79.1 Å². The van der Waals surface area contributed by atoms with Gasteiger partial charge in [-0.25, -0.2) is 12.8 Å². The van der Waals surface area contributed by atoms with Crippen molar-refractivity contribution in [3.63, 3.8) is 0 Å². The number of fused-ring (bicyclic) bond motifs is 8. The molecule has 1 aliphatic heterocycles. The first-order valence-electron chi connectivity index (χ1n) is 15.6. The monoisotopic (exact) mass is 643 g/mol. The van der Waals surface area contributed by atoms with Crippen molar-refractivity contribution in [2.24, 2.45) is 5.41 Å². The van der Waals surface area contributed by atoms with Crippen LogP contribution in [0.1, 0.15) is 62.3 Å². The van der Waals surface area contributed by atoms with Gasteiger partial charge in [0.2, 0.25) is 0 Å². The van der Waals surface area contributed by atoms with Crippen LogP contribution >= 0.6 is 0 Å². The molecule has 2 N–H and O–H groups in total. The maximum Gasteiger partial charge on any atom is 0.303 e. The lowest BCUT2D eigenvalue weighted by molar-refractivity contribution is -0.136. The number of hydrogen-bond donors (Lipinski definition) is 2. The summed E-state index contributed by atoms with van der Waals surface area (Å²) < 4.78 is 50.7. The molecule has 46 heavy (non-hydrogen) atoms. The van der Waals surface area contributed by atoms with Gasteiger partial charge in [0.05, 0.1) is 23.2 Å². The Bertz CT molecular complexity index is 2000. The average molecular weight is 644 g/mol. The van der Waals surface area contributed by atoms with Crippen molar-refractivity contribution < 1.29 is 27.4 Å². The van der Waals surface area contributed by atoms with Gasteiger partial charge in [0.25, 0.3) is 0 Å². The topological polar surface area (TPSA) is 114 Å². The molecule has 1 atom stereocenters. The predicted molar refractivity (Wildman–Crippen MR) is 177 cm³/mol. The second kappa shape index (κ2) is 12.7. The number of H-pyrrole nitrogens is 1. The van der Waals surface area contributed by atoms with Crippen LogP contribution in [0.3, 0.4) is 0 Å². The number of ether oxygens (including phenoxy) is 1. The molecular weight excluding hydrogens is 605 g/mol. The van der Waals surface area contributed by atoms with Crippen molar-refractivity contribution in [3.8, 4) is 22.8 Å². The number of aliphatic carboxylic acids is 1. The smallest absolute Gasteiger partial charge is 0.303 e. The van der Waals surface area contributed by atoms with E-state index >= 15 is 4.39 Å². The van der Waals surface area contributed by atoms with Crippen LogP contribution in [0.5, 0.6) is 11.5 Å². The van der Waals surface area contributed by atoms with Crippen LogP contribution in [0, 0.1) is 11.2 Å². The molecule has 0 spiro atoms. The van der Waals surface area contributed by atoms with Crippen molar-refractivity contribution in [2.75, 3.05) is 11.5 Å². The van der Waals surface area contributed by atoms with Crippen LogP contribution in [-0.4, -0.2) is 45.8 Å². The lowest BCUT2D eigenvalue weighted by Crippen LogP contribution is -2.27. The molecule has 2 aromatic heterocycles. The number of halogens is 1. The molecule has 8 nitrogen and oxygen atoms in total. The summed E-state index contributed by atoms with van der Waals surface area (Å²) in [4.78, 5) is 14.2. The molecule has 1 aliphatic rings. The molecule has 0 aliphatic carbocycles. The minimum Gasteiger partial charge on any atom is -0.481 e. The van der Waals surface area contributed by atoms with Crippen molar-refractivity contribution >= 4 is 26.7 Å². The van der Waals surface area contributed by atoms with E-state index in [1.165, 1.54) is 6.07 Å². The number of carbonyl (C=O) groups is 1. The van der Waals surface area contributed by atoms with Crippen LogP contribution < -0.4 is 4.74 Å². The molecule has 5 aromatic rings. The van der Waals surface area contributed by atoms with E-state index in [0.29, 0.717) is 36.1 Å². The van der Waals surface area contributed by atoms with Gasteiger partial charge in [-0.3, -0.25) is 9.48 Å². The van der Waals surface area contributed by atoms with Gasteiger partial charge in [-0.15, -0.1) is 0 Å². The minimum absolute atomic E-state index is 0.00505. The molecule has 1 unspecified atom stereocenters. The zero-order chi connectivity index (χ0) is 32.5. The first kappa shape index (κ1) is 31.5. The summed E-state index contributed by atoms with van der Waals surface area (Å²) in [5, 5.41) is 14.9. The van der Waals surface area contributed by atoms with Gasteiger partial charge in [-0.1, -0.05) is 56.7 Å². The first-order chi connectivity index (χ1) is 22.0. The molecule has 0 amide bonds. The number of nitrogens with zero attached hydrogens (tertiary/aromatic N) is 2. The molecule has 240 valence electrons. The van der Waals surface area contributed by atoms with Gasteiger partial charge in [-0.05, 0) is 66.5 Å². The number of nitrogens with one attached hydrogen (secondary N) is 1. The van der Waals surface area contributed by atoms with Gasteiger partial charge < -0.3 is 14.8 Å². The normalized spacial score (nSPS) is 18.2. The minimum atomic E-state index is -3.50.